The van der Waals surface area contributed by atoms with Crippen LogP contribution in [0.5, 0.6) is 0 Å². The lowest BCUT2D eigenvalue weighted by Crippen LogP contribution is -2.54. The summed E-state index contributed by atoms with van der Waals surface area (Å²) in [5.41, 5.74) is 2.85. The largest absolute Gasteiger partial charge is 0.345 e. The Morgan fingerprint density at radius 3 is 2.55 bits per heavy atom. The van der Waals surface area contributed by atoms with Crippen molar-refractivity contribution < 1.29 is 0 Å². The van der Waals surface area contributed by atoms with Gasteiger partial charge in [-0.15, -0.1) is 0 Å². The third-order valence-electron chi connectivity index (χ3n) is 4.75. The second-order valence-electron chi connectivity index (χ2n) is 6.78. The highest BCUT2D eigenvalue weighted by atomic mass is 15.2. The van der Waals surface area contributed by atoms with Crippen LogP contribution in [0, 0.1) is 0 Å². The van der Waals surface area contributed by atoms with Gasteiger partial charge in [0, 0.05) is 42.9 Å². The number of hydrogen-bond donors (Lipinski definition) is 1. The van der Waals surface area contributed by atoms with Crippen molar-refractivity contribution >= 4 is 10.9 Å². The van der Waals surface area contributed by atoms with Crippen molar-refractivity contribution in [3.8, 4) is 0 Å². The van der Waals surface area contributed by atoms with Crippen LogP contribution in [0.3, 0.4) is 0 Å². The van der Waals surface area contributed by atoms with E-state index in [0.29, 0.717) is 12.1 Å². The van der Waals surface area contributed by atoms with Crippen LogP contribution >= 0.6 is 0 Å². The number of fused-ring (bicyclic) bond motifs is 1. The fourth-order valence-electron chi connectivity index (χ4n) is 3.90. The van der Waals surface area contributed by atoms with Gasteiger partial charge in [-0.1, -0.05) is 25.1 Å². The Kier molecular flexibility index (Phi) is 4.84. The molecule has 3 nitrogen and oxygen atoms in total. The van der Waals surface area contributed by atoms with E-state index in [4.69, 9.17) is 0 Å². The maximum Gasteiger partial charge on any atom is 0.0482 e. The van der Waals surface area contributed by atoms with E-state index in [1.165, 1.54) is 42.7 Å². The minimum absolute atomic E-state index is 0.613. The minimum atomic E-state index is 0.613. The van der Waals surface area contributed by atoms with Crippen molar-refractivity contribution in [2.24, 2.45) is 0 Å². The van der Waals surface area contributed by atoms with Crippen LogP contribution in [0.25, 0.3) is 10.9 Å². The van der Waals surface area contributed by atoms with Gasteiger partial charge in [0.2, 0.25) is 0 Å². The fraction of sp³-hybridized carbons (Fsp3) is 0.579. The molecule has 1 aliphatic heterocycles. The first-order valence-electron chi connectivity index (χ1n) is 8.73. The highest BCUT2D eigenvalue weighted by molar-refractivity contribution is 5.81. The quantitative estimate of drug-likeness (QED) is 0.914. The SMILES string of the molecule is CCc1cc2ccccc2n1CCCN1C[C@@H](C)N[C@@H](C)C1. The average Bonchev–Trinajstić information content (AvgIpc) is 2.84. The van der Waals surface area contributed by atoms with Crippen molar-refractivity contribution in [1.29, 1.82) is 0 Å². The van der Waals surface area contributed by atoms with Gasteiger partial charge in [0.25, 0.3) is 0 Å². The maximum atomic E-state index is 3.61. The van der Waals surface area contributed by atoms with E-state index >= 15 is 0 Å². The number of benzene rings is 1. The summed E-state index contributed by atoms with van der Waals surface area (Å²) >= 11 is 0. The summed E-state index contributed by atoms with van der Waals surface area (Å²) in [4.78, 5) is 2.61. The first kappa shape index (κ1) is 15.6. The van der Waals surface area contributed by atoms with Gasteiger partial charge in [-0.2, -0.15) is 0 Å². The van der Waals surface area contributed by atoms with Crippen LogP contribution in [0.2, 0.25) is 0 Å². The van der Waals surface area contributed by atoms with Crippen molar-refractivity contribution in [3.63, 3.8) is 0 Å². The van der Waals surface area contributed by atoms with E-state index in [0.717, 1.165) is 13.0 Å². The summed E-state index contributed by atoms with van der Waals surface area (Å²) in [7, 11) is 0. The van der Waals surface area contributed by atoms with Gasteiger partial charge in [0.1, 0.15) is 0 Å². The Morgan fingerprint density at radius 1 is 1.09 bits per heavy atom. The number of para-hydroxylation sites is 1. The molecule has 2 heterocycles. The topological polar surface area (TPSA) is 20.2 Å². The lowest BCUT2D eigenvalue weighted by molar-refractivity contribution is 0.170. The smallest absolute Gasteiger partial charge is 0.0482 e. The average molecular weight is 299 g/mol. The Balaban J connectivity index is 1.64. The third kappa shape index (κ3) is 3.36. The summed E-state index contributed by atoms with van der Waals surface area (Å²) in [6.45, 7) is 11.5. The molecule has 1 aromatic heterocycles. The highest BCUT2D eigenvalue weighted by Crippen LogP contribution is 2.20. The molecule has 3 rings (SSSR count). The summed E-state index contributed by atoms with van der Waals surface area (Å²) in [5.74, 6) is 0. The molecule has 0 unspecified atom stereocenters. The molecule has 1 fully saturated rings. The van der Waals surface area contributed by atoms with E-state index in [2.05, 4.69) is 65.9 Å². The molecule has 0 spiro atoms. The first-order valence-corrected chi connectivity index (χ1v) is 8.73. The second-order valence-corrected chi connectivity index (χ2v) is 6.78. The molecule has 2 aromatic rings. The maximum absolute atomic E-state index is 3.61. The Morgan fingerprint density at radius 2 is 1.82 bits per heavy atom. The molecule has 0 amide bonds. The van der Waals surface area contributed by atoms with Crippen molar-refractivity contribution in [2.75, 3.05) is 19.6 Å². The molecule has 1 aliphatic rings. The molecule has 0 saturated carbocycles. The van der Waals surface area contributed by atoms with Gasteiger partial charge in [-0.3, -0.25) is 0 Å². The monoisotopic (exact) mass is 299 g/mol. The number of nitrogens with one attached hydrogen (secondary N) is 1. The predicted molar refractivity (Wildman–Crippen MR) is 94.4 cm³/mol. The lowest BCUT2D eigenvalue weighted by atomic mass is 10.1. The normalized spacial score (nSPS) is 23.2. The number of aryl methyl sites for hydroxylation is 2. The number of hydrogen-bond acceptors (Lipinski definition) is 2. The van der Waals surface area contributed by atoms with Gasteiger partial charge >= 0.3 is 0 Å². The van der Waals surface area contributed by atoms with Crippen molar-refractivity contribution in [3.05, 3.63) is 36.0 Å². The van der Waals surface area contributed by atoms with Gasteiger partial charge in [-0.25, -0.2) is 0 Å². The summed E-state index contributed by atoms with van der Waals surface area (Å²) in [6, 6.07) is 12.3. The molecule has 0 aliphatic carbocycles. The third-order valence-corrected chi connectivity index (χ3v) is 4.75. The summed E-state index contributed by atoms with van der Waals surface area (Å²) < 4.78 is 2.52. The molecule has 1 aromatic carbocycles. The van der Waals surface area contributed by atoms with Crippen molar-refractivity contribution in [2.45, 2.75) is 52.2 Å². The van der Waals surface area contributed by atoms with Gasteiger partial charge in [0.05, 0.1) is 0 Å². The molecular formula is C19H29N3. The molecular weight excluding hydrogens is 270 g/mol. The highest BCUT2D eigenvalue weighted by Gasteiger charge is 2.20. The van der Waals surface area contributed by atoms with Crippen LogP contribution in [-0.2, 0) is 13.0 Å². The molecule has 1 N–H and O–H groups in total. The minimum Gasteiger partial charge on any atom is -0.345 e. The first-order chi connectivity index (χ1) is 10.7. The van der Waals surface area contributed by atoms with Crippen LogP contribution in [0.4, 0.5) is 0 Å². The van der Waals surface area contributed by atoms with E-state index in [1.807, 2.05) is 0 Å². The number of piperazine rings is 1. The Hall–Kier alpha value is -1.32. The molecule has 2 atom stereocenters. The molecule has 0 radical (unpaired) electrons. The van der Waals surface area contributed by atoms with Gasteiger partial charge in [0.15, 0.2) is 0 Å². The van der Waals surface area contributed by atoms with Crippen LogP contribution in [0.1, 0.15) is 32.9 Å². The van der Waals surface area contributed by atoms with Crippen LogP contribution < -0.4 is 5.32 Å². The van der Waals surface area contributed by atoms with Crippen LogP contribution in [-0.4, -0.2) is 41.2 Å². The zero-order valence-electron chi connectivity index (χ0n) is 14.2. The van der Waals surface area contributed by atoms with Crippen molar-refractivity contribution in [1.82, 2.24) is 14.8 Å². The molecule has 3 heteroatoms. The second kappa shape index (κ2) is 6.84. The van der Waals surface area contributed by atoms with Gasteiger partial charge in [-0.05, 0) is 50.8 Å². The number of aromatic nitrogens is 1. The summed E-state index contributed by atoms with van der Waals surface area (Å²) in [5, 5.41) is 4.99. The molecule has 1 saturated heterocycles. The Bertz CT molecular complexity index is 606. The molecule has 0 bridgehead atoms. The van der Waals surface area contributed by atoms with E-state index < -0.39 is 0 Å². The predicted octanol–water partition coefficient (Wildman–Crippen LogP) is 3.28. The van der Waals surface area contributed by atoms with Gasteiger partial charge < -0.3 is 14.8 Å². The van der Waals surface area contributed by atoms with E-state index in [1.54, 1.807) is 0 Å². The summed E-state index contributed by atoms with van der Waals surface area (Å²) in [6.07, 6.45) is 2.33. The van der Waals surface area contributed by atoms with Crippen LogP contribution in [0.15, 0.2) is 30.3 Å². The number of rotatable bonds is 5. The Labute approximate surface area is 134 Å². The van der Waals surface area contributed by atoms with E-state index in [-0.39, 0.29) is 0 Å². The lowest BCUT2D eigenvalue weighted by Gasteiger charge is -2.36. The van der Waals surface area contributed by atoms with E-state index in [9.17, 15) is 0 Å². The zero-order valence-corrected chi connectivity index (χ0v) is 14.2. The zero-order chi connectivity index (χ0) is 15.5. The standard InChI is InChI=1S/C19H29N3/c1-4-18-12-17-8-5-6-9-19(17)22(18)11-7-10-21-13-15(2)20-16(3)14-21/h5-6,8-9,12,15-16,20H,4,7,10-11,13-14H2,1-3H3/t15-,16+. The molecule has 22 heavy (non-hydrogen) atoms. The fourth-order valence-corrected chi connectivity index (χ4v) is 3.90. The number of nitrogens with zero attached hydrogens (tertiary/aromatic N) is 2. The molecule has 120 valence electrons.